The standard InChI is InChI=1S/C17H21F2N3O2/c1-22(14-5-6-15(23)21-16(14)24)12-4-2-3-11(9-12)13-7-8-20-10-17(13,18)19/h2-4,9,13-14,20H,5-8,10H2,1H3,(H,21,23,24)/t13-,14+/m0/s1. The van der Waals surface area contributed by atoms with Crippen LogP contribution in [0.15, 0.2) is 24.3 Å². The van der Waals surface area contributed by atoms with Gasteiger partial charge in [-0.25, -0.2) is 8.78 Å². The van der Waals surface area contributed by atoms with Crippen LogP contribution in [0, 0.1) is 0 Å². The van der Waals surface area contributed by atoms with E-state index in [0.717, 1.165) is 0 Å². The molecule has 0 aliphatic carbocycles. The van der Waals surface area contributed by atoms with Crippen LogP contribution in [0.4, 0.5) is 14.5 Å². The first-order chi connectivity index (χ1) is 11.4. The van der Waals surface area contributed by atoms with Gasteiger partial charge >= 0.3 is 0 Å². The first-order valence-electron chi connectivity index (χ1n) is 8.13. The molecular formula is C17H21F2N3O2. The number of hydrogen-bond acceptors (Lipinski definition) is 4. The molecule has 2 fully saturated rings. The third-order valence-corrected chi connectivity index (χ3v) is 4.84. The summed E-state index contributed by atoms with van der Waals surface area (Å²) in [4.78, 5) is 25.0. The minimum Gasteiger partial charge on any atom is -0.363 e. The zero-order chi connectivity index (χ0) is 17.3. The van der Waals surface area contributed by atoms with Crippen molar-refractivity contribution in [2.75, 3.05) is 25.0 Å². The Morgan fingerprint density at radius 1 is 1.25 bits per heavy atom. The largest absolute Gasteiger partial charge is 0.363 e. The number of carbonyl (C=O) groups excluding carboxylic acids is 2. The number of imide groups is 1. The second-order valence-electron chi connectivity index (χ2n) is 6.45. The Hall–Kier alpha value is -2.02. The maximum Gasteiger partial charge on any atom is 0.267 e. The molecule has 1 aromatic rings. The minimum absolute atomic E-state index is 0.271. The Kier molecular flexibility index (Phi) is 4.54. The lowest BCUT2D eigenvalue weighted by molar-refractivity contribution is -0.134. The Labute approximate surface area is 139 Å². The second-order valence-corrected chi connectivity index (χ2v) is 6.45. The van der Waals surface area contributed by atoms with E-state index in [0.29, 0.717) is 30.6 Å². The molecule has 1 aromatic carbocycles. The van der Waals surface area contributed by atoms with Crippen LogP contribution in [0.3, 0.4) is 0 Å². The zero-order valence-corrected chi connectivity index (χ0v) is 13.5. The number of anilines is 1. The van der Waals surface area contributed by atoms with E-state index < -0.39 is 17.9 Å². The predicted molar refractivity (Wildman–Crippen MR) is 86.2 cm³/mol. The van der Waals surface area contributed by atoms with Crippen molar-refractivity contribution in [3.63, 3.8) is 0 Å². The molecule has 0 aromatic heterocycles. The molecule has 0 radical (unpaired) electrons. The van der Waals surface area contributed by atoms with Crippen LogP contribution in [0.5, 0.6) is 0 Å². The molecule has 130 valence electrons. The minimum atomic E-state index is -2.79. The SMILES string of the molecule is CN(c1cccc([C@@H]2CCNCC2(F)F)c1)[C@@H]1CCC(=O)NC1=O. The van der Waals surface area contributed by atoms with Crippen molar-refractivity contribution in [3.05, 3.63) is 29.8 Å². The molecule has 0 saturated carbocycles. The van der Waals surface area contributed by atoms with Gasteiger partial charge in [0.1, 0.15) is 6.04 Å². The first kappa shape index (κ1) is 16.8. The molecule has 24 heavy (non-hydrogen) atoms. The van der Waals surface area contributed by atoms with E-state index in [1.54, 1.807) is 36.2 Å². The lowest BCUT2D eigenvalue weighted by atomic mass is 9.86. The van der Waals surface area contributed by atoms with Gasteiger partial charge in [0.15, 0.2) is 0 Å². The predicted octanol–water partition coefficient (Wildman–Crippen LogP) is 1.64. The van der Waals surface area contributed by atoms with Crippen LogP contribution < -0.4 is 15.5 Å². The molecular weight excluding hydrogens is 316 g/mol. The van der Waals surface area contributed by atoms with E-state index in [9.17, 15) is 18.4 Å². The van der Waals surface area contributed by atoms with Gasteiger partial charge in [0, 0.05) is 19.2 Å². The molecule has 2 heterocycles. The molecule has 2 N–H and O–H groups in total. The molecule has 0 unspecified atom stereocenters. The molecule has 2 aliphatic heterocycles. The molecule has 2 amide bonds. The summed E-state index contributed by atoms with van der Waals surface area (Å²) in [6.45, 7) is 0.248. The van der Waals surface area contributed by atoms with Crippen LogP contribution in [0.1, 0.15) is 30.7 Å². The van der Waals surface area contributed by atoms with Gasteiger partial charge in [0.2, 0.25) is 11.8 Å². The van der Waals surface area contributed by atoms with Gasteiger partial charge in [-0.3, -0.25) is 14.9 Å². The van der Waals surface area contributed by atoms with Gasteiger partial charge in [-0.15, -0.1) is 0 Å². The monoisotopic (exact) mass is 337 g/mol. The lowest BCUT2D eigenvalue weighted by Crippen LogP contribution is -2.51. The molecule has 3 rings (SSSR count). The topological polar surface area (TPSA) is 61.4 Å². The van der Waals surface area contributed by atoms with E-state index in [2.05, 4.69) is 10.6 Å². The average Bonchev–Trinajstić information content (AvgIpc) is 2.54. The van der Waals surface area contributed by atoms with Gasteiger partial charge in [-0.2, -0.15) is 0 Å². The highest BCUT2D eigenvalue weighted by molar-refractivity contribution is 6.01. The van der Waals surface area contributed by atoms with Gasteiger partial charge in [-0.05, 0) is 37.1 Å². The number of alkyl halides is 2. The fourth-order valence-corrected chi connectivity index (χ4v) is 3.44. The summed E-state index contributed by atoms with van der Waals surface area (Å²) in [5, 5.41) is 5.05. The first-order valence-corrected chi connectivity index (χ1v) is 8.13. The number of carbonyl (C=O) groups is 2. The number of rotatable bonds is 3. The third-order valence-electron chi connectivity index (χ3n) is 4.84. The number of benzene rings is 1. The molecule has 5 nitrogen and oxygen atoms in total. The quantitative estimate of drug-likeness (QED) is 0.823. The summed E-state index contributed by atoms with van der Waals surface area (Å²) in [7, 11) is 1.75. The summed E-state index contributed by atoms with van der Waals surface area (Å²) in [6, 6.07) is 6.52. The lowest BCUT2D eigenvalue weighted by Gasteiger charge is -2.34. The highest BCUT2D eigenvalue weighted by Crippen LogP contribution is 2.39. The Morgan fingerprint density at radius 3 is 2.75 bits per heavy atom. The van der Waals surface area contributed by atoms with Crippen molar-refractivity contribution in [1.29, 1.82) is 0 Å². The maximum atomic E-state index is 14.2. The second kappa shape index (κ2) is 6.47. The van der Waals surface area contributed by atoms with Gasteiger partial charge < -0.3 is 10.2 Å². The number of nitrogens with zero attached hydrogens (tertiary/aromatic N) is 1. The Balaban J connectivity index is 1.82. The van der Waals surface area contributed by atoms with E-state index in [4.69, 9.17) is 0 Å². The Morgan fingerprint density at radius 2 is 2.04 bits per heavy atom. The van der Waals surface area contributed by atoms with Crippen molar-refractivity contribution < 1.29 is 18.4 Å². The van der Waals surface area contributed by atoms with E-state index in [1.165, 1.54) is 0 Å². The number of likely N-dealkylation sites (N-methyl/N-ethyl adjacent to an activating group) is 1. The summed E-state index contributed by atoms with van der Waals surface area (Å²) < 4.78 is 28.3. The van der Waals surface area contributed by atoms with Crippen molar-refractivity contribution in [2.45, 2.75) is 37.1 Å². The number of hydrogen-bond donors (Lipinski definition) is 2. The van der Waals surface area contributed by atoms with Crippen LogP contribution in [-0.4, -0.2) is 43.9 Å². The van der Waals surface area contributed by atoms with E-state index in [1.807, 2.05) is 0 Å². The fourth-order valence-electron chi connectivity index (χ4n) is 3.44. The van der Waals surface area contributed by atoms with Crippen molar-refractivity contribution in [1.82, 2.24) is 10.6 Å². The van der Waals surface area contributed by atoms with Crippen molar-refractivity contribution in [3.8, 4) is 0 Å². The summed E-state index contributed by atoms with van der Waals surface area (Å²) >= 11 is 0. The molecule has 7 heteroatoms. The van der Waals surface area contributed by atoms with E-state index in [-0.39, 0.29) is 24.8 Å². The van der Waals surface area contributed by atoms with Gasteiger partial charge in [0.05, 0.1) is 12.5 Å². The Bertz CT molecular complexity index is 650. The normalized spacial score (nSPS) is 26.8. The maximum absolute atomic E-state index is 14.2. The molecule has 0 spiro atoms. The van der Waals surface area contributed by atoms with Crippen molar-refractivity contribution in [2.24, 2.45) is 0 Å². The zero-order valence-electron chi connectivity index (χ0n) is 13.5. The van der Waals surface area contributed by atoms with Gasteiger partial charge in [0.25, 0.3) is 5.92 Å². The number of piperidine rings is 2. The number of halogens is 2. The fraction of sp³-hybridized carbons (Fsp3) is 0.529. The number of amides is 2. The molecule has 2 atom stereocenters. The summed E-state index contributed by atoms with van der Waals surface area (Å²) in [5.74, 6) is -4.22. The highest BCUT2D eigenvalue weighted by atomic mass is 19.3. The third kappa shape index (κ3) is 3.26. The highest BCUT2D eigenvalue weighted by Gasteiger charge is 2.42. The smallest absolute Gasteiger partial charge is 0.267 e. The van der Waals surface area contributed by atoms with Crippen LogP contribution >= 0.6 is 0 Å². The van der Waals surface area contributed by atoms with Crippen molar-refractivity contribution >= 4 is 17.5 Å². The molecule has 2 saturated heterocycles. The summed E-state index contributed by atoms with van der Waals surface area (Å²) in [5.41, 5.74) is 1.29. The molecule has 0 bridgehead atoms. The van der Waals surface area contributed by atoms with Gasteiger partial charge in [-0.1, -0.05) is 12.1 Å². The molecule has 2 aliphatic rings. The van der Waals surface area contributed by atoms with Crippen LogP contribution in [-0.2, 0) is 9.59 Å². The number of nitrogens with one attached hydrogen (secondary N) is 2. The van der Waals surface area contributed by atoms with E-state index >= 15 is 0 Å². The average molecular weight is 337 g/mol. The van der Waals surface area contributed by atoms with Crippen LogP contribution in [0.2, 0.25) is 0 Å². The van der Waals surface area contributed by atoms with Crippen LogP contribution in [0.25, 0.3) is 0 Å². The summed E-state index contributed by atoms with van der Waals surface area (Å²) in [6.07, 6.45) is 1.08.